The summed E-state index contributed by atoms with van der Waals surface area (Å²) in [4.78, 5) is 16.4. The van der Waals surface area contributed by atoms with Crippen LogP contribution in [0, 0.1) is 0 Å². The number of aromatic nitrogens is 1. The van der Waals surface area contributed by atoms with Crippen LogP contribution in [0.5, 0.6) is 0 Å². The van der Waals surface area contributed by atoms with E-state index in [9.17, 15) is 4.79 Å². The van der Waals surface area contributed by atoms with Gasteiger partial charge in [-0.15, -0.1) is 11.3 Å². The summed E-state index contributed by atoms with van der Waals surface area (Å²) < 4.78 is 1.75. The van der Waals surface area contributed by atoms with E-state index in [1.807, 2.05) is 0 Å². The third-order valence-corrected chi connectivity index (χ3v) is 5.33. The summed E-state index contributed by atoms with van der Waals surface area (Å²) >= 11 is 13.7. The number of pyridine rings is 1. The highest BCUT2D eigenvalue weighted by Crippen LogP contribution is 2.32. The van der Waals surface area contributed by atoms with E-state index in [0.717, 1.165) is 8.26 Å². The van der Waals surface area contributed by atoms with E-state index in [1.165, 1.54) is 17.5 Å². The summed E-state index contributed by atoms with van der Waals surface area (Å²) in [6.45, 7) is 0. The third kappa shape index (κ3) is 3.28. The molecule has 1 amide bonds. The molecule has 7 heteroatoms. The molecule has 0 aliphatic heterocycles. The summed E-state index contributed by atoms with van der Waals surface area (Å²) in [6, 6.07) is 5.08. The van der Waals surface area contributed by atoms with Crippen LogP contribution < -0.4 is 5.32 Å². The third-order valence-electron chi connectivity index (χ3n) is 1.85. The summed E-state index contributed by atoms with van der Waals surface area (Å²) in [5, 5.41) is 3.13. The molecule has 0 aliphatic rings. The van der Waals surface area contributed by atoms with Gasteiger partial charge < -0.3 is 5.32 Å². The van der Waals surface area contributed by atoms with Gasteiger partial charge in [-0.3, -0.25) is 4.79 Å². The number of rotatable bonds is 2. The highest BCUT2D eigenvalue weighted by molar-refractivity contribution is 9.13. The largest absolute Gasteiger partial charge is 0.320 e. The Labute approximate surface area is 123 Å². The molecule has 0 aromatic carbocycles. The van der Waals surface area contributed by atoms with Crippen LogP contribution in [0.3, 0.4) is 0 Å². The normalized spacial score (nSPS) is 10.3. The van der Waals surface area contributed by atoms with E-state index in [-0.39, 0.29) is 5.91 Å². The molecule has 0 unspecified atom stereocenters. The van der Waals surface area contributed by atoms with Crippen LogP contribution in [0.1, 0.15) is 9.67 Å². The number of carbonyl (C=O) groups excluding carboxylic acids is 1. The first-order valence-corrected chi connectivity index (χ1v) is 7.22. The van der Waals surface area contributed by atoms with Crippen molar-refractivity contribution in [2.24, 2.45) is 0 Å². The molecule has 88 valence electrons. The lowest BCUT2D eigenvalue weighted by Crippen LogP contribution is -2.10. The van der Waals surface area contributed by atoms with E-state index in [4.69, 9.17) is 11.6 Å². The number of halogens is 3. The highest BCUT2D eigenvalue weighted by atomic mass is 79.9. The molecule has 0 atom stereocenters. The Morgan fingerprint density at radius 2 is 2.18 bits per heavy atom. The SMILES string of the molecule is O=C(Nc1ccc(Cl)nc1)c1cc(Br)c(Br)s1. The second kappa shape index (κ2) is 5.48. The van der Waals surface area contributed by atoms with Gasteiger partial charge in [0.15, 0.2) is 0 Å². The molecule has 2 rings (SSSR count). The van der Waals surface area contributed by atoms with Crippen molar-refractivity contribution in [1.82, 2.24) is 4.98 Å². The maximum absolute atomic E-state index is 11.9. The Balaban J connectivity index is 2.14. The Morgan fingerprint density at radius 1 is 1.41 bits per heavy atom. The summed E-state index contributed by atoms with van der Waals surface area (Å²) in [5.41, 5.74) is 0.611. The quantitative estimate of drug-likeness (QED) is 0.756. The maximum Gasteiger partial charge on any atom is 0.265 e. The van der Waals surface area contributed by atoms with Crippen LogP contribution in [-0.4, -0.2) is 10.9 Å². The van der Waals surface area contributed by atoms with Gasteiger partial charge in [-0.25, -0.2) is 4.98 Å². The molecule has 3 nitrogen and oxygen atoms in total. The zero-order valence-electron chi connectivity index (χ0n) is 8.21. The molecule has 1 N–H and O–H groups in total. The van der Waals surface area contributed by atoms with E-state index in [1.54, 1.807) is 18.2 Å². The Bertz CT molecular complexity index is 536. The van der Waals surface area contributed by atoms with Gasteiger partial charge in [-0.05, 0) is 50.1 Å². The molecule has 0 aliphatic carbocycles. The van der Waals surface area contributed by atoms with E-state index < -0.39 is 0 Å². The molecular formula is C10H5Br2ClN2OS. The van der Waals surface area contributed by atoms with Crippen LogP contribution in [0.15, 0.2) is 32.7 Å². The average Bonchev–Trinajstić information content (AvgIpc) is 2.63. The van der Waals surface area contributed by atoms with Gasteiger partial charge in [0.05, 0.1) is 20.5 Å². The summed E-state index contributed by atoms with van der Waals surface area (Å²) in [7, 11) is 0. The number of amides is 1. The van der Waals surface area contributed by atoms with Gasteiger partial charge in [0.2, 0.25) is 0 Å². The van der Waals surface area contributed by atoms with Crippen LogP contribution in [0.2, 0.25) is 5.15 Å². The predicted octanol–water partition coefficient (Wildman–Crippen LogP) is 4.57. The number of thiophene rings is 1. The molecule has 0 bridgehead atoms. The average molecular weight is 396 g/mol. The number of nitrogens with zero attached hydrogens (tertiary/aromatic N) is 1. The van der Waals surface area contributed by atoms with Crippen molar-refractivity contribution in [1.29, 1.82) is 0 Å². The zero-order valence-corrected chi connectivity index (χ0v) is 13.0. The Hall–Kier alpha value is -0.430. The monoisotopic (exact) mass is 394 g/mol. The second-order valence-corrected chi connectivity index (χ2v) is 6.67. The number of anilines is 1. The first-order chi connectivity index (χ1) is 8.06. The summed E-state index contributed by atoms with van der Waals surface area (Å²) in [5.74, 6) is -0.175. The minimum Gasteiger partial charge on any atom is -0.320 e. The fourth-order valence-corrected chi connectivity index (χ4v) is 3.14. The number of nitrogens with one attached hydrogen (secondary N) is 1. The van der Waals surface area contributed by atoms with E-state index in [2.05, 4.69) is 42.2 Å². The molecule has 0 saturated heterocycles. The molecular weight excluding hydrogens is 391 g/mol. The van der Waals surface area contributed by atoms with Gasteiger partial charge in [0.1, 0.15) is 5.15 Å². The topological polar surface area (TPSA) is 42.0 Å². The van der Waals surface area contributed by atoms with Crippen molar-refractivity contribution in [3.63, 3.8) is 0 Å². The van der Waals surface area contributed by atoms with Crippen molar-refractivity contribution in [3.8, 4) is 0 Å². The Kier molecular flexibility index (Phi) is 4.19. The minimum absolute atomic E-state index is 0.175. The van der Waals surface area contributed by atoms with Crippen molar-refractivity contribution < 1.29 is 4.79 Å². The van der Waals surface area contributed by atoms with Crippen molar-refractivity contribution >= 4 is 66.4 Å². The van der Waals surface area contributed by atoms with Gasteiger partial charge >= 0.3 is 0 Å². The number of hydrogen-bond donors (Lipinski definition) is 1. The van der Waals surface area contributed by atoms with Gasteiger partial charge in [0, 0.05) is 4.47 Å². The lowest BCUT2D eigenvalue weighted by Gasteiger charge is -2.02. The fraction of sp³-hybridized carbons (Fsp3) is 0. The molecule has 0 spiro atoms. The van der Waals surface area contributed by atoms with Crippen LogP contribution >= 0.6 is 54.8 Å². The smallest absolute Gasteiger partial charge is 0.265 e. The molecule has 0 saturated carbocycles. The first kappa shape index (κ1) is 13.0. The Morgan fingerprint density at radius 3 is 2.71 bits per heavy atom. The lowest BCUT2D eigenvalue weighted by atomic mass is 10.4. The number of carbonyl (C=O) groups is 1. The van der Waals surface area contributed by atoms with Gasteiger partial charge in [0.25, 0.3) is 5.91 Å². The molecule has 2 aromatic heterocycles. The van der Waals surface area contributed by atoms with E-state index >= 15 is 0 Å². The lowest BCUT2D eigenvalue weighted by molar-refractivity contribution is 0.103. The van der Waals surface area contributed by atoms with Crippen molar-refractivity contribution in [2.75, 3.05) is 5.32 Å². The molecule has 17 heavy (non-hydrogen) atoms. The van der Waals surface area contributed by atoms with Crippen LogP contribution in [-0.2, 0) is 0 Å². The predicted molar refractivity (Wildman–Crippen MR) is 76.9 cm³/mol. The van der Waals surface area contributed by atoms with Gasteiger partial charge in [-0.2, -0.15) is 0 Å². The molecule has 0 radical (unpaired) electrons. The second-order valence-electron chi connectivity index (χ2n) is 3.06. The maximum atomic E-state index is 11.9. The molecule has 2 aromatic rings. The van der Waals surface area contributed by atoms with Crippen molar-refractivity contribution in [3.05, 3.63) is 42.7 Å². The zero-order chi connectivity index (χ0) is 12.4. The fourth-order valence-electron chi connectivity index (χ4n) is 1.10. The number of hydrogen-bond acceptors (Lipinski definition) is 3. The van der Waals surface area contributed by atoms with E-state index in [0.29, 0.717) is 15.7 Å². The first-order valence-electron chi connectivity index (χ1n) is 4.44. The molecule has 2 heterocycles. The molecule has 0 fully saturated rings. The van der Waals surface area contributed by atoms with Crippen LogP contribution in [0.25, 0.3) is 0 Å². The highest BCUT2D eigenvalue weighted by Gasteiger charge is 2.12. The minimum atomic E-state index is -0.175. The van der Waals surface area contributed by atoms with Crippen molar-refractivity contribution in [2.45, 2.75) is 0 Å². The standard InChI is InChI=1S/C10H5Br2ClN2OS/c11-6-3-7(17-9(6)12)10(16)15-5-1-2-8(13)14-4-5/h1-4H,(H,15,16). The van der Waals surface area contributed by atoms with Gasteiger partial charge in [-0.1, -0.05) is 11.6 Å². The summed E-state index contributed by atoms with van der Waals surface area (Å²) in [6.07, 6.45) is 1.51. The van der Waals surface area contributed by atoms with Crippen LogP contribution in [0.4, 0.5) is 5.69 Å².